The molecule has 0 saturated carbocycles. The molecular weight excluding hydrogens is 270 g/mol. The summed E-state index contributed by atoms with van der Waals surface area (Å²) in [6.07, 6.45) is 7.54. The average Bonchev–Trinajstić information content (AvgIpc) is 2.48. The second kappa shape index (κ2) is 5.98. The normalized spacial score (nSPS) is 37.8. The zero-order valence-corrected chi connectivity index (χ0v) is 13.4. The quantitative estimate of drug-likeness (QED) is 0.850. The minimum absolute atomic E-state index is 0.0227. The summed E-state index contributed by atoms with van der Waals surface area (Å²) < 4.78 is 6.12. The lowest BCUT2D eigenvalue weighted by Gasteiger charge is -2.45. The lowest BCUT2D eigenvalue weighted by molar-refractivity contribution is -0.144. The van der Waals surface area contributed by atoms with Crippen LogP contribution in [-0.4, -0.2) is 41.6 Å². The van der Waals surface area contributed by atoms with E-state index in [1.807, 2.05) is 11.8 Å². The van der Waals surface area contributed by atoms with Crippen molar-refractivity contribution in [3.05, 3.63) is 0 Å². The molecular formula is C16H27NO2S. The van der Waals surface area contributed by atoms with Gasteiger partial charge in [-0.05, 0) is 69.9 Å². The first kappa shape index (κ1) is 14.9. The number of carbonyl (C=O) groups is 1. The molecule has 0 aliphatic carbocycles. The van der Waals surface area contributed by atoms with Gasteiger partial charge in [0, 0.05) is 12.5 Å². The summed E-state index contributed by atoms with van der Waals surface area (Å²) in [6.45, 7) is 3.89. The maximum atomic E-state index is 13.0. The van der Waals surface area contributed by atoms with Crippen LogP contribution in [0.4, 0.5) is 0 Å². The molecule has 3 nitrogen and oxygen atoms in total. The monoisotopic (exact) mass is 297 g/mol. The molecule has 3 aliphatic rings. The lowest BCUT2D eigenvalue weighted by Crippen LogP contribution is -2.56. The third kappa shape index (κ3) is 2.93. The highest BCUT2D eigenvalue weighted by molar-refractivity contribution is 7.99. The van der Waals surface area contributed by atoms with Gasteiger partial charge in [0.25, 0.3) is 0 Å². The fraction of sp³-hybridized carbons (Fsp3) is 0.938. The molecule has 3 fully saturated rings. The molecule has 0 aromatic rings. The minimum Gasteiger partial charge on any atom is -0.375 e. The summed E-state index contributed by atoms with van der Waals surface area (Å²) in [5.41, 5.74) is -0.250. The van der Waals surface area contributed by atoms with E-state index in [1.165, 1.54) is 24.3 Å². The van der Waals surface area contributed by atoms with Crippen LogP contribution < -0.4 is 5.32 Å². The van der Waals surface area contributed by atoms with Gasteiger partial charge in [-0.2, -0.15) is 11.8 Å². The number of piperidine rings is 1. The van der Waals surface area contributed by atoms with E-state index in [-0.39, 0.29) is 17.1 Å². The third-order valence-electron chi connectivity index (χ3n) is 5.43. The van der Waals surface area contributed by atoms with Crippen LogP contribution >= 0.6 is 11.8 Å². The highest BCUT2D eigenvalue weighted by Gasteiger charge is 2.45. The first-order chi connectivity index (χ1) is 9.64. The van der Waals surface area contributed by atoms with Crippen LogP contribution in [0.1, 0.15) is 51.9 Å². The molecule has 114 valence electrons. The molecule has 2 atom stereocenters. The Bertz CT molecular complexity index is 354. The zero-order valence-electron chi connectivity index (χ0n) is 12.6. The molecule has 0 aromatic carbocycles. The standard InChI is InChI=1S/C16H27NO2S/c1-15(5-2-3-8-17-15)14(18)13-4-9-19-16(12-13)6-10-20-11-7-16/h13,17H,2-12H2,1H3. The maximum Gasteiger partial charge on any atom is 0.155 e. The average molecular weight is 297 g/mol. The number of rotatable bonds is 2. The molecule has 0 aromatic heterocycles. The number of thioether (sulfide) groups is 1. The molecule has 3 saturated heterocycles. The first-order valence-electron chi connectivity index (χ1n) is 8.15. The number of carbonyl (C=O) groups excluding carboxylic acids is 1. The van der Waals surface area contributed by atoms with Gasteiger partial charge < -0.3 is 10.1 Å². The van der Waals surface area contributed by atoms with Crippen LogP contribution in [0.5, 0.6) is 0 Å². The van der Waals surface area contributed by atoms with Crippen molar-refractivity contribution >= 4 is 17.5 Å². The van der Waals surface area contributed by atoms with Gasteiger partial charge in [0.15, 0.2) is 5.78 Å². The highest BCUT2D eigenvalue weighted by Crippen LogP contribution is 2.41. The molecule has 1 spiro atoms. The molecule has 3 rings (SSSR count). The van der Waals surface area contributed by atoms with Crippen LogP contribution in [0.3, 0.4) is 0 Å². The van der Waals surface area contributed by atoms with Crippen molar-refractivity contribution in [3.8, 4) is 0 Å². The molecule has 0 bridgehead atoms. The van der Waals surface area contributed by atoms with Gasteiger partial charge in [0.2, 0.25) is 0 Å². The number of nitrogens with one attached hydrogen (secondary N) is 1. The van der Waals surface area contributed by atoms with E-state index < -0.39 is 0 Å². The molecule has 0 amide bonds. The fourth-order valence-corrected chi connectivity index (χ4v) is 5.30. The van der Waals surface area contributed by atoms with Gasteiger partial charge >= 0.3 is 0 Å². The van der Waals surface area contributed by atoms with Gasteiger partial charge in [0.05, 0.1) is 11.1 Å². The van der Waals surface area contributed by atoms with E-state index in [0.717, 1.165) is 45.3 Å². The predicted octanol–water partition coefficient (Wildman–Crippen LogP) is 2.78. The van der Waals surface area contributed by atoms with Crippen molar-refractivity contribution in [1.29, 1.82) is 0 Å². The number of ketones is 1. The van der Waals surface area contributed by atoms with Crippen molar-refractivity contribution < 1.29 is 9.53 Å². The van der Waals surface area contributed by atoms with Crippen molar-refractivity contribution in [1.82, 2.24) is 5.32 Å². The number of hydrogen-bond donors (Lipinski definition) is 1. The Kier molecular flexibility index (Phi) is 4.44. The van der Waals surface area contributed by atoms with Gasteiger partial charge in [-0.1, -0.05) is 0 Å². The van der Waals surface area contributed by atoms with Crippen LogP contribution in [0.2, 0.25) is 0 Å². The van der Waals surface area contributed by atoms with Crippen LogP contribution in [0.15, 0.2) is 0 Å². The van der Waals surface area contributed by atoms with Crippen molar-refractivity contribution in [2.24, 2.45) is 5.92 Å². The van der Waals surface area contributed by atoms with E-state index in [4.69, 9.17) is 4.74 Å². The summed E-state index contributed by atoms with van der Waals surface area (Å²) in [6, 6.07) is 0. The maximum absolute atomic E-state index is 13.0. The lowest BCUT2D eigenvalue weighted by atomic mass is 9.73. The highest BCUT2D eigenvalue weighted by atomic mass is 32.2. The topological polar surface area (TPSA) is 38.3 Å². The van der Waals surface area contributed by atoms with Gasteiger partial charge in [-0.25, -0.2) is 0 Å². The fourth-order valence-electron chi connectivity index (χ4n) is 4.06. The van der Waals surface area contributed by atoms with E-state index in [9.17, 15) is 4.79 Å². The number of hydrogen-bond acceptors (Lipinski definition) is 4. The van der Waals surface area contributed by atoms with Gasteiger partial charge in [-0.15, -0.1) is 0 Å². The number of ether oxygens (including phenoxy) is 1. The summed E-state index contributed by atoms with van der Waals surface area (Å²) in [7, 11) is 0. The predicted molar refractivity (Wildman–Crippen MR) is 83.2 cm³/mol. The van der Waals surface area contributed by atoms with Crippen LogP contribution in [0.25, 0.3) is 0 Å². The van der Waals surface area contributed by atoms with Crippen molar-refractivity contribution in [3.63, 3.8) is 0 Å². The minimum atomic E-state index is -0.273. The Morgan fingerprint density at radius 2 is 2.05 bits per heavy atom. The molecule has 3 aliphatic heterocycles. The summed E-state index contributed by atoms with van der Waals surface area (Å²) in [5, 5.41) is 3.49. The third-order valence-corrected chi connectivity index (χ3v) is 6.42. The van der Waals surface area contributed by atoms with Gasteiger partial charge in [0.1, 0.15) is 0 Å². The van der Waals surface area contributed by atoms with E-state index in [0.29, 0.717) is 5.78 Å². The van der Waals surface area contributed by atoms with E-state index in [2.05, 4.69) is 12.2 Å². The van der Waals surface area contributed by atoms with E-state index in [1.54, 1.807) is 0 Å². The Hall–Kier alpha value is -0.0600. The Labute approximate surface area is 126 Å². The largest absolute Gasteiger partial charge is 0.375 e. The molecule has 4 heteroatoms. The van der Waals surface area contributed by atoms with Crippen molar-refractivity contribution in [2.75, 3.05) is 24.7 Å². The van der Waals surface area contributed by atoms with Gasteiger partial charge in [-0.3, -0.25) is 4.79 Å². The Balaban J connectivity index is 1.68. The molecule has 1 N–H and O–H groups in total. The summed E-state index contributed by atoms with van der Waals surface area (Å²) in [5.74, 6) is 3.05. The van der Waals surface area contributed by atoms with Crippen LogP contribution in [0, 0.1) is 5.92 Å². The Morgan fingerprint density at radius 3 is 2.75 bits per heavy atom. The molecule has 2 unspecified atom stereocenters. The molecule has 3 heterocycles. The van der Waals surface area contributed by atoms with Crippen LogP contribution in [-0.2, 0) is 9.53 Å². The first-order valence-corrected chi connectivity index (χ1v) is 9.30. The Morgan fingerprint density at radius 1 is 1.25 bits per heavy atom. The number of Topliss-reactive ketones (excluding diaryl/α,β-unsaturated/α-hetero) is 1. The summed E-state index contributed by atoms with van der Waals surface area (Å²) >= 11 is 2.02. The van der Waals surface area contributed by atoms with E-state index >= 15 is 0 Å². The zero-order chi connectivity index (χ0) is 14.1. The molecule has 20 heavy (non-hydrogen) atoms. The summed E-state index contributed by atoms with van der Waals surface area (Å²) in [4.78, 5) is 13.0. The van der Waals surface area contributed by atoms with Crippen molar-refractivity contribution in [2.45, 2.75) is 63.0 Å². The molecule has 0 radical (unpaired) electrons. The second-order valence-corrected chi connectivity index (χ2v) is 8.14. The SMILES string of the molecule is CC1(C(=O)C2CCOC3(CCSCC3)C2)CCCCN1. The second-order valence-electron chi connectivity index (χ2n) is 6.91. The smallest absolute Gasteiger partial charge is 0.155 e.